The van der Waals surface area contributed by atoms with Crippen molar-refractivity contribution in [2.24, 2.45) is 10.7 Å². The third-order valence-electron chi connectivity index (χ3n) is 4.52. The smallest absolute Gasteiger partial charge is 0.213 e. The van der Waals surface area contributed by atoms with Crippen molar-refractivity contribution in [3.05, 3.63) is 60.2 Å². The minimum absolute atomic E-state index is 0.0533. The van der Waals surface area contributed by atoms with E-state index >= 15 is 0 Å². The number of aliphatic imine (C=N–C) groups is 1. The minimum atomic E-state index is 0.0533. The zero-order valence-electron chi connectivity index (χ0n) is 14.9. The molecule has 0 aliphatic heterocycles. The number of nitrogens with one attached hydrogen (secondary N) is 1. The number of fused-ring (bicyclic) bond motifs is 1. The maximum absolute atomic E-state index is 10.6. The van der Waals surface area contributed by atoms with Gasteiger partial charge in [-0.05, 0) is 30.0 Å². The summed E-state index contributed by atoms with van der Waals surface area (Å²) in [6.45, 7) is 4.39. The lowest BCUT2D eigenvalue weighted by molar-refractivity contribution is -0.108. The summed E-state index contributed by atoms with van der Waals surface area (Å²) in [5, 5.41) is 3.27. The lowest BCUT2D eigenvalue weighted by Crippen LogP contribution is -2.29. The second-order valence-corrected chi connectivity index (χ2v) is 6.20. The SMILES string of the molecule is CCC(C)c1ccccc1-c1cc(N=C(N)NC=O)c2ccccc2n1. The Hall–Kier alpha value is -3.21. The molecule has 1 aromatic heterocycles. The summed E-state index contributed by atoms with van der Waals surface area (Å²) >= 11 is 0. The quantitative estimate of drug-likeness (QED) is 0.414. The molecule has 0 aliphatic carbocycles. The van der Waals surface area contributed by atoms with E-state index in [1.807, 2.05) is 36.4 Å². The summed E-state index contributed by atoms with van der Waals surface area (Å²) in [4.78, 5) is 19.8. The fourth-order valence-electron chi connectivity index (χ4n) is 2.99. The highest BCUT2D eigenvalue weighted by Crippen LogP contribution is 2.34. The highest BCUT2D eigenvalue weighted by Gasteiger charge is 2.13. The predicted molar refractivity (Wildman–Crippen MR) is 106 cm³/mol. The molecular weight excluding hydrogens is 324 g/mol. The summed E-state index contributed by atoms with van der Waals surface area (Å²) < 4.78 is 0. The molecule has 3 aromatic rings. The standard InChI is InChI=1S/C21H22N4O/c1-3-14(2)15-8-4-5-9-16(15)19-12-20(25-21(22)23-13-26)17-10-6-7-11-18(17)24-19/h4-14H,3H2,1-2H3,(H3,22,23,24,25,26). The van der Waals surface area contributed by atoms with E-state index in [0.717, 1.165) is 28.6 Å². The molecule has 132 valence electrons. The molecular formula is C21H22N4O. The Kier molecular flexibility index (Phi) is 5.27. The fourth-order valence-corrected chi connectivity index (χ4v) is 2.99. The molecule has 3 rings (SSSR count). The first-order chi connectivity index (χ1) is 12.6. The van der Waals surface area contributed by atoms with Crippen LogP contribution in [-0.4, -0.2) is 17.4 Å². The lowest BCUT2D eigenvalue weighted by atomic mass is 9.92. The molecule has 5 heteroatoms. The maximum Gasteiger partial charge on any atom is 0.213 e. The van der Waals surface area contributed by atoms with Crippen molar-refractivity contribution < 1.29 is 4.79 Å². The number of guanidine groups is 1. The number of para-hydroxylation sites is 1. The van der Waals surface area contributed by atoms with Gasteiger partial charge in [-0.25, -0.2) is 9.98 Å². The van der Waals surface area contributed by atoms with E-state index in [2.05, 4.69) is 42.4 Å². The van der Waals surface area contributed by atoms with E-state index in [4.69, 9.17) is 10.7 Å². The number of hydrogen-bond donors (Lipinski definition) is 2. The van der Waals surface area contributed by atoms with Crippen molar-refractivity contribution in [1.29, 1.82) is 0 Å². The molecule has 1 heterocycles. The van der Waals surface area contributed by atoms with E-state index in [9.17, 15) is 4.79 Å². The molecule has 5 nitrogen and oxygen atoms in total. The van der Waals surface area contributed by atoms with E-state index in [1.165, 1.54) is 5.56 Å². The van der Waals surface area contributed by atoms with Crippen molar-refractivity contribution in [2.45, 2.75) is 26.2 Å². The summed E-state index contributed by atoms with van der Waals surface area (Å²) in [6, 6.07) is 18.0. The Morgan fingerprint density at radius 1 is 1.23 bits per heavy atom. The van der Waals surface area contributed by atoms with Gasteiger partial charge in [0.2, 0.25) is 6.41 Å². The van der Waals surface area contributed by atoms with Crippen LogP contribution < -0.4 is 11.1 Å². The molecule has 1 unspecified atom stereocenters. The van der Waals surface area contributed by atoms with E-state index < -0.39 is 0 Å². The highest BCUT2D eigenvalue weighted by molar-refractivity contribution is 5.97. The number of nitrogens with two attached hydrogens (primary N) is 1. The fraction of sp³-hybridized carbons (Fsp3) is 0.190. The minimum Gasteiger partial charge on any atom is -0.369 e. The summed E-state index contributed by atoms with van der Waals surface area (Å²) in [5.74, 6) is 0.478. The summed E-state index contributed by atoms with van der Waals surface area (Å²) in [7, 11) is 0. The van der Waals surface area contributed by atoms with Gasteiger partial charge in [0.25, 0.3) is 0 Å². The Balaban J connectivity index is 2.23. The number of amides is 1. The second-order valence-electron chi connectivity index (χ2n) is 6.20. The second kappa shape index (κ2) is 7.78. The number of aromatic nitrogens is 1. The van der Waals surface area contributed by atoms with Gasteiger partial charge in [0.1, 0.15) is 0 Å². The van der Waals surface area contributed by atoms with Gasteiger partial charge < -0.3 is 5.73 Å². The van der Waals surface area contributed by atoms with Gasteiger partial charge in [0.15, 0.2) is 5.96 Å². The van der Waals surface area contributed by atoms with Gasteiger partial charge in [0, 0.05) is 10.9 Å². The maximum atomic E-state index is 10.6. The third-order valence-corrected chi connectivity index (χ3v) is 4.52. The van der Waals surface area contributed by atoms with E-state index in [0.29, 0.717) is 18.0 Å². The largest absolute Gasteiger partial charge is 0.369 e. The van der Waals surface area contributed by atoms with Crippen LogP contribution in [0, 0.1) is 0 Å². The molecule has 0 fully saturated rings. The first-order valence-corrected chi connectivity index (χ1v) is 8.67. The molecule has 26 heavy (non-hydrogen) atoms. The molecule has 2 aromatic carbocycles. The normalized spacial score (nSPS) is 12.8. The Morgan fingerprint density at radius 2 is 1.96 bits per heavy atom. The van der Waals surface area contributed by atoms with Crippen LogP contribution in [0.4, 0.5) is 5.69 Å². The number of carbonyl (C=O) groups is 1. The monoisotopic (exact) mass is 346 g/mol. The molecule has 3 N–H and O–H groups in total. The zero-order chi connectivity index (χ0) is 18.5. The number of nitrogens with zero attached hydrogens (tertiary/aromatic N) is 2. The van der Waals surface area contributed by atoms with Crippen LogP contribution in [0.25, 0.3) is 22.2 Å². The van der Waals surface area contributed by atoms with Crippen molar-refractivity contribution in [2.75, 3.05) is 0 Å². The van der Waals surface area contributed by atoms with Crippen LogP contribution in [0.5, 0.6) is 0 Å². The van der Waals surface area contributed by atoms with Crippen molar-refractivity contribution in [1.82, 2.24) is 10.3 Å². The molecule has 1 atom stereocenters. The van der Waals surface area contributed by atoms with Crippen LogP contribution in [-0.2, 0) is 4.79 Å². The molecule has 0 saturated carbocycles. The van der Waals surface area contributed by atoms with Crippen LogP contribution in [0.2, 0.25) is 0 Å². The number of pyridine rings is 1. The Bertz CT molecular complexity index is 965. The molecule has 0 saturated heterocycles. The Labute approximate surface area is 153 Å². The van der Waals surface area contributed by atoms with Crippen molar-refractivity contribution in [3.63, 3.8) is 0 Å². The van der Waals surface area contributed by atoms with Gasteiger partial charge >= 0.3 is 0 Å². The van der Waals surface area contributed by atoms with Gasteiger partial charge in [-0.2, -0.15) is 0 Å². The number of benzene rings is 2. The van der Waals surface area contributed by atoms with Crippen molar-refractivity contribution >= 4 is 29.0 Å². The van der Waals surface area contributed by atoms with E-state index in [-0.39, 0.29) is 5.96 Å². The van der Waals surface area contributed by atoms with Crippen LogP contribution in [0.1, 0.15) is 31.7 Å². The van der Waals surface area contributed by atoms with Crippen LogP contribution >= 0.6 is 0 Å². The number of carbonyl (C=O) groups excluding carboxylic acids is 1. The highest BCUT2D eigenvalue weighted by atomic mass is 16.1. The van der Waals surface area contributed by atoms with Crippen molar-refractivity contribution in [3.8, 4) is 11.3 Å². The molecule has 0 radical (unpaired) electrons. The molecule has 0 bridgehead atoms. The zero-order valence-corrected chi connectivity index (χ0v) is 14.9. The van der Waals surface area contributed by atoms with Gasteiger partial charge in [-0.15, -0.1) is 0 Å². The first-order valence-electron chi connectivity index (χ1n) is 8.67. The molecule has 1 amide bonds. The predicted octanol–water partition coefficient (Wildman–Crippen LogP) is 4.11. The number of rotatable bonds is 5. The van der Waals surface area contributed by atoms with Crippen LogP contribution in [0.3, 0.4) is 0 Å². The lowest BCUT2D eigenvalue weighted by Gasteiger charge is -2.15. The average molecular weight is 346 g/mol. The Morgan fingerprint density at radius 3 is 2.73 bits per heavy atom. The molecule has 0 aliphatic rings. The van der Waals surface area contributed by atoms with Crippen LogP contribution in [0.15, 0.2) is 59.6 Å². The molecule has 0 spiro atoms. The topological polar surface area (TPSA) is 80.4 Å². The van der Waals surface area contributed by atoms with Gasteiger partial charge in [-0.3, -0.25) is 10.1 Å². The van der Waals surface area contributed by atoms with Gasteiger partial charge in [-0.1, -0.05) is 56.3 Å². The number of hydrogen-bond acceptors (Lipinski definition) is 3. The van der Waals surface area contributed by atoms with Gasteiger partial charge in [0.05, 0.1) is 16.9 Å². The van der Waals surface area contributed by atoms with E-state index in [1.54, 1.807) is 0 Å². The summed E-state index contributed by atoms with van der Waals surface area (Å²) in [5.41, 5.74) is 10.5. The first kappa shape index (κ1) is 17.6. The average Bonchev–Trinajstić information content (AvgIpc) is 2.67. The third kappa shape index (κ3) is 3.57. The summed E-state index contributed by atoms with van der Waals surface area (Å²) in [6.07, 6.45) is 1.56.